The lowest BCUT2D eigenvalue weighted by atomic mass is 9.90. The zero-order valence-electron chi connectivity index (χ0n) is 13.4. The summed E-state index contributed by atoms with van der Waals surface area (Å²) in [6.45, 7) is 1.53. The highest BCUT2D eigenvalue weighted by Crippen LogP contribution is 2.32. The largest absolute Gasteiger partial charge is 0.481 e. The Morgan fingerprint density at radius 1 is 1.32 bits per heavy atom. The second-order valence-electron chi connectivity index (χ2n) is 6.41. The van der Waals surface area contributed by atoms with E-state index in [-0.39, 0.29) is 25.1 Å². The molecule has 2 unspecified atom stereocenters. The first-order chi connectivity index (χ1) is 11.5. The molecule has 2 rings (SSSR count). The minimum absolute atomic E-state index is 0.0870. The number of carboxylic acid groups (broad SMARTS) is 1. The molecule has 1 heterocycles. The van der Waals surface area contributed by atoms with Crippen molar-refractivity contribution in [1.82, 2.24) is 10.2 Å². The van der Waals surface area contributed by atoms with E-state index in [1.807, 2.05) is 0 Å². The standard InChI is InChI=1S/C16H18F4N2O3/c1-15(13(23)24)6-7-22(9-15)14(25)21-12(8-16(18,19)20)10-2-4-11(17)5-3-10/h2-5,12H,6-9H2,1H3,(H,21,25)(H,23,24). The lowest BCUT2D eigenvalue weighted by molar-refractivity contribution is -0.147. The van der Waals surface area contributed by atoms with Crippen molar-refractivity contribution in [3.8, 4) is 0 Å². The average Bonchev–Trinajstić information content (AvgIpc) is 2.90. The lowest BCUT2D eigenvalue weighted by Crippen LogP contribution is -2.43. The Bertz CT molecular complexity index is 648. The third kappa shape index (κ3) is 4.83. The van der Waals surface area contributed by atoms with Crippen LogP contribution in [0.3, 0.4) is 0 Å². The molecule has 1 aromatic rings. The van der Waals surface area contributed by atoms with Gasteiger partial charge in [0.1, 0.15) is 5.82 Å². The number of likely N-dealkylation sites (tertiary alicyclic amines) is 1. The number of hydrogen-bond donors (Lipinski definition) is 2. The highest BCUT2D eigenvalue weighted by Gasteiger charge is 2.43. The predicted molar refractivity (Wildman–Crippen MR) is 80.3 cm³/mol. The summed E-state index contributed by atoms with van der Waals surface area (Å²) < 4.78 is 51.4. The van der Waals surface area contributed by atoms with Crippen molar-refractivity contribution in [3.63, 3.8) is 0 Å². The number of hydrogen-bond acceptors (Lipinski definition) is 2. The molecule has 5 nitrogen and oxygen atoms in total. The molecule has 2 amide bonds. The summed E-state index contributed by atoms with van der Waals surface area (Å²) >= 11 is 0. The number of rotatable bonds is 4. The number of carbonyl (C=O) groups is 2. The monoisotopic (exact) mass is 362 g/mol. The van der Waals surface area contributed by atoms with Gasteiger partial charge in [-0.2, -0.15) is 13.2 Å². The van der Waals surface area contributed by atoms with E-state index < -0.39 is 41.9 Å². The van der Waals surface area contributed by atoms with Crippen LogP contribution in [0, 0.1) is 11.2 Å². The number of carbonyl (C=O) groups excluding carboxylic acids is 1. The van der Waals surface area contributed by atoms with Gasteiger partial charge in [0.25, 0.3) is 0 Å². The Morgan fingerprint density at radius 2 is 1.92 bits per heavy atom. The van der Waals surface area contributed by atoms with Gasteiger partial charge in [0, 0.05) is 13.1 Å². The number of alkyl halides is 3. The van der Waals surface area contributed by atoms with Crippen molar-refractivity contribution >= 4 is 12.0 Å². The maximum absolute atomic E-state index is 13.0. The van der Waals surface area contributed by atoms with E-state index in [1.165, 1.54) is 24.0 Å². The third-order valence-electron chi connectivity index (χ3n) is 4.28. The fraction of sp³-hybridized carbons (Fsp3) is 0.500. The molecule has 0 aromatic heterocycles. The minimum atomic E-state index is -4.53. The fourth-order valence-electron chi connectivity index (χ4n) is 2.73. The smallest absolute Gasteiger partial charge is 0.391 e. The van der Waals surface area contributed by atoms with Gasteiger partial charge in [-0.3, -0.25) is 4.79 Å². The van der Waals surface area contributed by atoms with E-state index in [1.54, 1.807) is 0 Å². The second-order valence-corrected chi connectivity index (χ2v) is 6.41. The van der Waals surface area contributed by atoms with Gasteiger partial charge in [-0.1, -0.05) is 12.1 Å². The summed E-state index contributed by atoms with van der Waals surface area (Å²) in [5.41, 5.74) is -1.00. The molecule has 1 aliphatic heterocycles. The van der Waals surface area contributed by atoms with Crippen molar-refractivity contribution in [2.24, 2.45) is 5.41 Å². The van der Waals surface area contributed by atoms with E-state index in [2.05, 4.69) is 5.32 Å². The highest BCUT2D eigenvalue weighted by atomic mass is 19.4. The number of aliphatic carboxylic acids is 1. The molecule has 0 radical (unpaired) electrons. The minimum Gasteiger partial charge on any atom is -0.481 e. The van der Waals surface area contributed by atoms with Gasteiger partial charge < -0.3 is 15.3 Å². The third-order valence-corrected chi connectivity index (χ3v) is 4.28. The maximum Gasteiger partial charge on any atom is 0.391 e. The first-order valence-corrected chi connectivity index (χ1v) is 7.61. The number of halogens is 4. The zero-order valence-corrected chi connectivity index (χ0v) is 13.4. The van der Waals surface area contributed by atoms with Gasteiger partial charge >= 0.3 is 18.2 Å². The van der Waals surface area contributed by atoms with Gasteiger partial charge in [0.15, 0.2) is 0 Å². The van der Waals surface area contributed by atoms with E-state index in [4.69, 9.17) is 5.11 Å². The van der Waals surface area contributed by atoms with Crippen LogP contribution in [-0.2, 0) is 4.79 Å². The summed E-state index contributed by atoms with van der Waals surface area (Å²) in [6, 6.07) is 2.23. The number of nitrogens with zero attached hydrogens (tertiary/aromatic N) is 1. The molecule has 0 saturated carbocycles. The topological polar surface area (TPSA) is 69.6 Å². The second kappa shape index (κ2) is 6.89. The van der Waals surface area contributed by atoms with E-state index in [0.29, 0.717) is 0 Å². The number of benzene rings is 1. The Labute approximate surface area is 141 Å². The molecule has 0 bridgehead atoms. The molecule has 2 N–H and O–H groups in total. The molecule has 138 valence electrons. The van der Waals surface area contributed by atoms with Crippen molar-refractivity contribution in [3.05, 3.63) is 35.6 Å². The normalized spacial score (nSPS) is 21.9. The first kappa shape index (κ1) is 19.0. The highest BCUT2D eigenvalue weighted by molar-refractivity contribution is 5.79. The SMILES string of the molecule is CC1(C(=O)O)CCN(C(=O)NC(CC(F)(F)F)c2ccc(F)cc2)C1. The van der Waals surface area contributed by atoms with Gasteiger partial charge in [-0.25, -0.2) is 9.18 Å². The summed E-state index contributed by atoms with van der Waals surface area (Å²) in [6.07, 6.45) is -5.63. The van der Waals surface area contributed by atoms with Crippen LogP contribution in [0.5, 0.6) is 0 Å². The fourth-order valence-corrected chi connectivity index (χ4v) is 2.73. The molecule has 1 saturated heterocycles. The Kier molecular flexibility index (Phi) is 5.24. The molecule has 2 atom stereocenters. The Hall–Kier alpha value is -2.32. The maximum atomic E-state index is 13.0. The van der Waals surface area contributed by atoms with Crippen LogP contribution in [0.25, 0.3) is 0 Å². The predicted octanol–water partition coefficient (Wildman–Crippen LogP) is 3.33. The van der Waals surface area contributed by atoms with Crippen LogP contribution in [-0.4, -0.2) is 41.3 Å². The van der Waals surface area contributed by atoms with Crippen LogP contribution in [0.1, 0.15) is 31.4 Å². The van der Waals surface area contributed by atoms with Crippen LogP contribution in [0.2, 0.25) is 0 Å². The van der Waals surface area contributed by atoms with Gasteiger partial charge in [-0.15, -0.1) is 0 Å². The van der Waals surface area contributed by atoms with Crippen LogP contribution >= 0.6 is 0 Å². The average molecular weight is 362 g/mol. The summed E-state index contributed by atoms with van der Waals surface area (Å²) in [5.74, 6) is -1.66. The van der Waals surface area contributed by atoms with Crippen molar-refractivity contribution in [2.75, 3.05) is 13.1 Å². The molecule has 25 heavy (non-hydrogen) atoms. The molecular formula is C16H18F4N2O3. The van der Waals surface area contributed by atoms with Crippen LogP contribution in [0.15, 0.2) is 24.3 Å². The van der Waals surface area contributed by atoms with Gasteiger partial charge in [-0.05, 0) is 31.0 Å². The van der Waals surface area contributed by atoms with Crippen LogP contribution < -0.4 is 5.32 Å². The number of urea groups is 1. The molecule has 0 spiro atoms. The Balaban J connectivity index is 2.12. The summed E-state index contributed by atoms with van der Waals surface area (Å²) in [4.78, 5) is 24.7. The Morgan fingerprint density at radius 3 is 2.40 bits per heavy atom. The van der Waals surface area contributed by atoms with Crippen molar-refractivity contribution in [2.45, 2.75) is 32.0 Å². The summed E-state index contributed by atoms with van der Waals surface area (Å²) in [5, 5.41) is 11.4. The van der Waals surface area contributed by atoms with E-state index >= 15 is 0 Å². The molecule has 1 fully saturated rings. The quantitative estimate of drug-likeness (QED) is 0.808. The molecule has 1 aliphatic rings. The summed E-state index contributed by atoms with van der Waals surface area (Å²) in [7, 11) is 0. The van der Waals surface area contributed by atoms with E-state index in [0.717, 1.165) is 12.1 Å². The van der Waals surface area contributed by atoms with Crippen molar-refractivity contribution < 1.29 is 32.3 Å². The van der Waals surface area contributed by atoms with Crippen molar-refractivity contribution in [1.29, 1.82) is 0 Å². The number of nitrogens with one attached hydrogen (secondary N) is 1. The number of amides is 2. The number of carboxylic acids is 1. The van der Waals surface area contributed by atoms with E-state index in [9.17, 15) is 27.2 Å². The molecule has 1 aromatic carbocycles. The lowest BCUT2D eigenvalue weighted by Gasteiger charge is -2.25. The van der Waals surface area contributed by atoms with Gasteiger partial charge in [0.2, 0.25) is 0 Å². The molecule has 0 aliphatic carbocycles. The van der Waals surface area contributed by atoms with Gasteiger partial charge in [0.05, 0.1) is 17.9 Å². The first-order valence-electron chi connectivity index (χ1n) is 7.61. The van der Waals surface area contributed by atoms with Crippen LogP contribution in [0.4, 0.5) is 22.4 Å². The molecule has 9 heteroatoms. The molecular weight excluding hydrogens is 344 g/mol. The zero-order chi connectivity index (χ0) is 18.8.